The second-order valence-corrected chi connectivity index (χ2v) is 7.37. The topological polar surface area (TPSA) is 91.9 Å². The van der Waals surface area contributed by atoms with Crippen LogP contribution in [0.5, 0.6) is 0 Å². The Morgan fingerprint density at radius 3 is 2.32 bits per heavy atom. The van der Waals surface area contributed by atoms with Gasteiger partial charge in [0.05, 0.1) is 16.3 Å². The predicted molar refractivity (Wildman–Crippen MR) is 110 cm³/mol. The summed E-state index contributed by atoms with van der Waals surface area (Å²) in [4.78, 5) is 10.3. The van der Waals surface area contributed by atoms with Crippen LogP contribution in [0, 0.1) is 10.1 Å². The molecule has 7 heteroatoms. The summed E-state index contributed by atoms with van der Waals surface area (Å²) in [5.74, 6) is 0. The molecule has 1 saturated carbocycles. The molecule has 0 unspecified atom stereocenters. The second kappa shape index (κ2) is 6.30. The minimum atomic E-state index is -0.426. The van der Waals surface area contributed by atoms with Crippen molar-refractivity contribution in [3.8, 4) is 0 Å². The van der Waals surface area contributed by atoms with Crippen molar-refractivity contribution < 1.29 is 4.92 Å². The van der Waals surface area contributed by atoms with Gasteiger partial charge in [-0.2, -0.15) is 5.11 Å². The average molecular weight is 373 g/mol. The molecule has 28 heavy (non-hydrogen) atoms. The molecule has 3 aromatic rings. The van der Waals surface area contributed by atoms with Gasteiger partial charge in [-0.25, -0.2) is 0 Å². The van der Waals surface area contributed by atoms with Crippen LogP contribution < -0.4 is 10.6 Å². The van der Waals surface area contributed by atoms with Crippen LogP contribution in [0.25, 0.3) is 10.8 Å². The third kappa shape index (κ3) is 2.76. The quantitative estimate of drug-likeness (QED) is 0.321. The van der Waals surface area contributed by atoms with Gasteiger partial charge in [-0.1, -0.05) is 12.1 Å². The summed E-state index contributed by atoms with van der Waals surface area (Å²) >= 11 is 0. The van der Waals surface area contributed by atoms with Gasteiger partial charge in [0.15, 0.2) is 0 Å². The minimum Gasteiger partial charge on any atom is -0.362 e. The fourth-order valence-electron chi connectivity index (χ4n) is 4.21. The maximum atomic E-state index is 10.8. The Bertz CT molecular complexity index is 1090. The first kappa shape index (κ1) is 16.7. The SMILES string of the molecule is O=[N+]([O-])c1ccc(N=Nc2ccc3c4c(cccc24)NC2(CCCC2)N3)cc1. The molecular weight excluding hydrogens is 354 g/mol. The molecule has 1 aliphatic carbocycles. The monoisotopic (exact) mass is 373 g/mol. The van der Waals surface area contributed by atoms with E-state index in [1.54, 1.807) is 12.1 Å². The number of nitro benzene ring substituents is 1. The number of hydrogen-bond acceptors (Lipinski definition) is 6. The summed E-state index contributed by atoms with van der Waals surface area (Å²) in [5, 5.41) is 29.0. The van der Waals surface area contributed by atoms with Gasteiger partial charge in [0.1, 0.15) is 5.66 Å². The van der Waals surface area contributed by atoms with E-state index in [4.69, 9.17) is 0 Å². The Balaban J connectivity index is 1.51. The number of nitrogens with one attached hydrogen (secondary N) is 2. The lowest BCUT2D eigenvalue weighted by Gasteiger charge is -2.38. The molecule has 1 aliphatic heterocycles. The fraction of sp³-hybridized carbons (Fsp3) is 0.238. The van der Waals surface area contributed by atoms with Crippen LogP contribution in [-0.4, -0.2) is 10.6 Å². The van der Waals surface area contributed by atoms with Crippen LogP contribution in [0.3, 0.4) is 0 Å². The van der Waals surface area contributed by atoms with Crippen molar-refractivity contribution in [1.29, 1.82) is 0 Å². The fourth-order valence-corrected chi connectivity index (χ4v) is 4.21. The molecule has 0 atom stereocenters. The average Bonchev–Trinajstić information content (AvgIpc) is 3.15. The highest BCUT2D eigenvalue weighted by Gasteiger charge is 2.37. The maximum absolute atomic E-state index is 10.8. The van der Waals surface area contributed by atoms with E-state index in [2.05, 4.69) is 33.0 Å². The molecular formula is C21H19N5O2. The maximum Gasteiger partial charge on any atom is 0.269 e. The first-order chi connectivity index (χ1) is 13.6. The zero-order chi connectivity index (χ0) is 19.1. The minimum absolute atomic E-state index is 0.0386. The third-order valence-electron chi connectivity index (χ3n) is 5.56. The van der Waals surface area contributed by atoms with Crippen LogP contribution in [0.4, 0.5) is 28.4 Å². The number of azo groups is 1. The first-order valence-electron chi connectivity index (χ1n) is 9.42. The van der Waals surface area contributed by atoms with Crippen molar-refractivity contribution >= 4 is 39.2 Å². The summed E-state index contributed by atoms with van der Waals surface area (Å²) in [6.45, 7) is 0. The number of nitro groups is 1. The molecule has 5 rings (SSSR count). The van der Waals surface area contributed by atoms with Gasteiger partial charge in [0, 0.05) is 34.3 Å². The second-order valence-electron chi connectivity index (χ2n) is 7.37. The molecule has 0 radical (unpaired) electrons. The van der Waals surface area contributed by atoms with Crippen LogP contribution >= 0.6 is 0 Å². The van der Waals surface area contributed by atoms with Crippen molar-refractivity contribution in [2.24, 2.45) is 10.2 Å². The molecule has 2 aliphatic rings. The van der Waals surface area contributed by atoms with Crippen LogP contribution in [0.15, 0.2) is 64.8 Å². The van der Waals surface area contributed by atoms with Crippen molar-refractivity contribution in [1.82, 2.24) is 0 Å². The van der Waals surface area contributed by atoms with Crippen LogP contribution in [0.1, 0.15) is 25.7 Å². The summed E-state index contributed by atoms with van der Waals surface area (Å²) in [5.41, 5.74) is 3.60. The lowest BCUT2D eigenvalue weighted by atomic mass is 9.97. The van der Waals surface area contributed by atoms with Crippen LogP contribution in [0.2, 0.25) is 0 Å². The zero-order valence-corrected chi connectivity index (χ0v) is 15.2. The van der Waals surface area contributed by atoms with E-state index in [0.717, 1.165) is 40.7 Å². The standard InChI is InChI=1S/C21H19N5O2/c27-26(28)15-8-6-14(7-9-15)24-25-17-10-11-19-20-16(17)4-3-5-18(20)22-21(23-19)12-1-2-13-21/h3-11,22-23H,1-2,12-13H2. The normalized spacial score (nSPS) is 17.0. The van der Waals surface area contributed by atoms with Crippen molar-refractivity contribution in [2.75, 3.05) is 10.6 Å². The van der Waals surface area contributed by atoms with Crippen molar-refractivity contribution in [2.45, 2.75) is 31.3 Å². The van der Waals surface area contributed by atoms with E-state index in [1.807, 2.05) is 18.2 Å². The van der Waals surface area contributed by atoms with Gasteiger partial charge < -0.3 is 10.6 Å². The van der Waals surface area contributed by atoms with Gasteiger partial charge in [-0.15, -0.1) is 5.11 Å². The molecule has 3 aromatic carbocycles. The number of nitrogens with zero attached hydrogens (tertiary/aromatic N) is 3. The zero-order valence-electron chi connectivity index (χ0n) is 15.2. The first-order valence-corrected chi connectivity index (χ1v) is 9.42. The molecule has 0 saturated heterocycles. The Kier molecular flexibility index (Phi) is 3.75. The van der Waals surface area contributed by atoms with E-state index in [-0.39, 0.29) is 11.4 Å². The summed E-state index contributed by atoms with van der Waals surface area (Å²) in [6.07, 6.45) is 4.69. The number of rotatable bonds is 3. The molecule has 7 nitrogen and oxygen atoms in total. The van der Waals surface area contributed by atoms with E-state index in [0.29, 0.717) is 5.69 Å². The van der Waals surface area contributed by atoms with Crippen LogP contribution in [-0.2, 0) is 0 Å². The molecule has 0 aromatic heterocycles. The summed E-state index contributed by atoms with van der Waals surface area (Å²) in [6, 6.07) is 16.3. The summed E-state index contributed by atoms with van der Waals surface area (Å²) < 4.78 is 0. The van der Waals surface area contributed by atoms with E-state index in [9.17, 15) is 10.1 Å². The van der Waals surface area contributed by atoms with E-state index in [1.165, 1.54) is 25.0 Å². The number of benzene rings is 3. The Hall–Kier alpha value is -3.48. The third-order valence-corrected chi connectivity index (χ3v) is 5.56. The predicted octanol–water partition coefficient (Wildman–Crippen LogP) is 6.27. The Morgan fingerprint density at radius 1 is 0.893 bits per heavy atom. The van der Waals surface area contributed by atoms with Gasteiger partial charge in [-0.05, 0) is 56.0 Å². The van der Waals surface area contributed by atoms with E-state index >= 15 is 0 Å². The van der Waals surface area contributed by atoms with Gasteiger partial charge >= 0.3 is 0 Å². The van der Waals surface area contributed by atoms with Gasteiger partial charge in [0.2, 0.25) is 0 Å². The molecule has 0 amide bonds. The Labute approximate surface area is 161 Å². The smallest absolute Gasteiger partial charge is 0.269 e. The number of anilines is 2. The summed E-state index contributed by atoms with van der Waals surface area (Å²) in [7, 11) is 0. The van der Waals surface area contributed by atoms with Gasteiger partial charge in [0.25, 0.3) is 5.69 Å². The van der Waals surface area contributed by atoms with Crippen molar-refractivity contribution in [3.05, 3.63) is 64.7 Å². The lowest BCUT2D eigenvalue weighted by Crippen LogP contribution is -2.45. The molecule has 1 spiro atoms. The molecule has 0 bridgehead atoms. The number of hydrogen-bond donors (Lipinski definition) is 2. The van der Waals surface area contributed by atoms with Gasteiger partial charge in [-0.3, -0.25) is 10.1 Å². The highest BCUT2D eigenvalue weighted by molar-refractivity contribution is 6.09. The Morgan fingerprint density at radius 2 is 1.61 bits per heavy atom. The largest absolute Gasteiger partial charge is 0.362 e. The van der Waals surface area contributed by atoms with E-state index < -0.39 is 4.92 Å². The highest BCUT2D eigenvalue weighted by Crippen LogP contribution is 2.45. The van der Waals surface area contributed by atoms with Crippen molar-refractivity contribution in [3.63, 3.8) is 0 Å². The number of non-ortho nitro benzene ring substituents is 1. The highest BCUT2D eigenvalue weighted by atomic mass is 16.6. The lowest BCUT2D eigenvalue weighted by molar-refractivity contribution is -0.384. The molecule has 140 valence electrons. The molecule has 1 fully saturated rings. The molecule has 2 N–H and O–H groups in total. The molecule has 1 heterocycles.